The van der Waals surface area contributed by atoms with Crippen LogP contribution in [-0.4, -0.2) is 30.9 Å². The van der Waals surface area contributed by atoms with Gasteiger partial charge in [0, 0.05) is 17.4 Å². The first kappa shape index (κ1) is 22.7. The number of Topliss-reactive ketones (excluding diaryl/α,β-unsaturated/α-hetero) is 1. The number of carbonyl (C=O) groups is 3. The van der Waals surface area contributed by atoms with Crippen LogP contribution in [0.2, 0.25) is 0 Å². The van der Waals surface area contributed by atoms with E-state index < -0.39 is 29.7 Å². The van der Waals surface area contributed by atoms with E-state index in [0.29, 0.717) is 24.8 Å². The molecular weight excluding hydrogens is 392 g/mol. The van der Waals surface area contributed by atoms with Gasteiger partial charge in [0.2, 0.25) is 0 Å². The minimum absolute atomic E-state index is 0.0349. The Morgan fingerprint density at radius 1 is 0.903 bits per heavy atom. The highest BCUT2D eigenvalue weighted by atomic mass is 16.6. The van der Waals surface area contributed by atoms with E-state index in [-0.39, 0.29) is 19.0 Å². The fourth-order valence-corrected chi connectivity index (χ4v) is 4.27. The van der Waals surface area contributed by atoms with Crippen LogP contribution in [0.5, 0.6) is 0 Å². The van der Waals surface area contributed by atoms with Crippen molar-refractivity contribution >= 4 is 17.7 Å². The van der Waals surface area contributed by atoms with Crippen molar-refractivity contribution in [2.24, 2.45) is 11.8 Å². The van der Waals surface area contributed by atoms with E-state index in [4.69, 9.17) is 9.47 Å². The third kappa shape index (κ3) is 5.22. The van der Waals surface area contributed by atoms with Crippen molar-refractivity contribution in [1.82, 2.24) is 0 Å². The molecule has 1 aliphatic rings. The summed E-state index contributed by atoms with van der Waals surface area (Å²) in [4.78, 5) is 39.7. The topological polar surface area (TPSA) is 69.7 Å². The summed E-state index contributed by atoms with van der Waals surface area (Å²) in [5.74, 6) is -3.61. The van der Waals surface area contributed by atoms with Gasteiger partial charge in [0.05, 0.1) is 13.2 Å². The van der Waals surface area contributed by atoms with Crippen molar-refractivity contribution in [3.05, 3.63) is 71.3 Å². The molecule has 2 aromatic rings. The van der Waals surface area contributed by atoms with E-state index in [1.807, 2.05) is 68.4 Å². The smallest absolute Gasteiger partial charge is 0.320 e. The fraction of sp³-hybridized carbons (Fsp3) is 0.423. The van der Waals surface area contributed by atoms with E-state index >= 15 is 0 Å². The van der Waals surface area contributed by atoms with Crippen LogP contribution in [0.4, 0.5) is 0 Å². The molecule has 0 spiro atoms. The van der Waals surface area contributed by atoms with Crippen molar-refractivity contribution in [3.63, 3.8) is 0 Å². The lowest BCUT2D eigenvalue weighted by molar-refractivity contribution is -0.164. The largest absolute Gasteiger partial charge is 0.465 e. The average molecular weight is 423 g/mol. The Labute approximate surface area is 183 Å². The molecule has 1 aliphatic carbocycles. The van der Waals surface area contributed by atoms with Gasteiger partial charge in [-0.25, -0.2) is 0 Å². The molecule has 0 fully saturated rings. The predicted molar refractivity (Wildman–Crippen MR) is 118 cm³/mol. The normalized spacial score (nSPS) is 16.5. The first-order valence-electron chi connectivity index (χ1n) is 11.1. The minimum atomic E-state index is -1.18. The Morgan fingerprint density at radius 2 is 1.48 bits per heavy atom. The summed E-state index contributed by atoms with van der Waals surface area (Å²) in [6.45, 7) is 4.24. The van der Waals surface area contributed by atoms with Crippen LogP contribution < -0.4 is 0 Å². The number of benzene rings is 2. The summed E-state index contributed by atoms with van der Waals surface area (Å²) in [6, 6.07) is 16.9. The van der Waals surface area contributed by atoms with Crippen LogP contribution in [0.3, 0.4) is 0 Å². The van der Waals surface area contributed by atoms with Gasteiger partial charge in [-0.15, -0.1) is 0 Å². The van der Waals surface area contributed by atoms with Crippen LogP contribution in [0, 0.1) is 11.8 Å². The van der Waals surface area contributed by atoms with Crippen molar-refractivity contribution in [2.45, 2.75) is 45.4 Å². The first-order valence-corrected chi connectivity index (χ1v) is 11.1. The SMILES string of the molecule is CCCOC(=O)C(C(=O)OCCC)C(c1ccccc1)C1CCc2ccccc2C1=O. The van der Waals surface area contributed by atoms with E-state index in [0.717, 1.165) is 17.5 Å². The Balaban J connectivity index is 2.04. The second-order valence-corrected chi connectivity index (χ2v) is 7.92. The van der Waals surface area contributed by atoms with E-state index in [1.165, 1.54) is 0 Å². The number of hydrogen-bond donors (Lipinski definition) is 0. The second kappa shape index (κ2) is 10.9. The molecule has 5 nitrogen and oxygen atoms in total. The Bertz CT molecular complexity index is 885. The molecule has 5 heteroatoms. The Hall–Kier alpha value is -2.95. The van der Waals surface area contributed by atoms with Crippen LogP contribution >= 0.6 is 0 Å². The number of carbonyl (C=O) groups excluding carboxylic acids is 3. The maximum atomic E-state index is 13.5. The highest BCUT2D eigenvalue weighted by Gasteiger charge is 2.46. The highest BCUT2D eigenvalue weighted by molar-refractivity contribution is 6.03. The minimum Gasteiger partial charge on any atom is -0.465 e. The first-order chi connectivity index (χ1) is 15.1. The zero-order valence-corrected chi connectivity index (χ0v) is 18.2. The summed E-state index contributed by atoms with van der Waals surface area (Å²) in [5.41, 5.74) is 2.45. The lowest BCUT2D eigenvalue weighted by Crippen LogP contribution is -2.40. The maximum absolute atomic E-state index is 13.5. The lowest BCUT2D eigenvalue weighted by atomic mass is 9.68. The van der Waals surface area contributed by atoms with Gasteiger partial charge in [-0.3, -0.25) is 14.4 Å². The molecule has 0 N–H and O–H groups in total. The van der Waals surface area contributed by atoms with Gasteiger partial charge < -0.3 is 9.47 Å². The van der Waals surface area contributed by atoms with E-state index in [2.05, 4.69) is 0 Å². The molecule has 0 aliphatic heterocycles. The second-order valence-electron chi connectivity index (χ2n) is 7.92. The molecule has 0 saturated heterocycles. The van der Waals surface area contributed by atoms with Crippen LogP contribution in [0.25, 0.3) is 0 Å². The zero-order chi connectivity index (χ0) is 22.2. The van der Waals surface area contributed by atoms with E-state index in [1.54, 1.807) is 0 Å². The molecule has 0 heterocycles. The average Bonchev–Trinajstić information content (AvgIpc) is 2.81. The lowest BCUT2D eigenvalue weighted by Gasteiger charge is -2.34. The number of esters is 2. The monoisotopic (exact) mass is 422 g/mol. The number of aryl methyl sites for hydroxylation is 1. The molecule has 2 aromatic carbocycles. The van der Waals surface area contributed by atoms with Gasteiger partial charge >= 0.3 is 11.9 Å². The number of ether oxygens (including phenoxy) is 2. The molecule has 2 unspecified atom stereocenters. The Morgan fingerprint density at radius 3 is 2.10 bits per heavy atom. The molecule has 0 radical (unpaired) electrons. The van der Waals surface area contributed by atoms with Gasteiger partial charge in [-0.2, -0.15) is 0 Å². The van der Waals surface area contributed by atoms with Gasteiger partial charge in [0.15, 0.2) is 11.7 Å². The highest BCUT2D eigenvalue weighted by Crippen LogP contribution is 2.41. The maximum Gasteiger partial charge on any atom is 0.320 e. The summed E-state index contributed by atoms with van der Waals surface area (Å²) >= 11 is 0. The molecule has 2 atom stereocenters. The molecule has 0 bridgehead atoms. The predicted octanol–water partition coefficient (Wildman–Crippen LogP) is 4.74. The molecular formula is C26H30O5. The molecule has 0 aromatic heterocycles. The number of ketones is 1. The summed E-state index contributed by atoms with van der Waals surface area (Å²) in [5, 5.41) is 0. The zero-order valence-electron chi connectivity index (χ0n) is 18.2. The van der Waals surface area contributed by atoms with Crippen molar-refractivity contribution in [3.8, 4) is 0 Å². The summed E-state index contributed by atoms with van der Waals surface area (Å²) < 4.78 is 10.8. The quantitative estimate of drug-likeness (QED) is 0.431. The van der Waals surface area contributed by atoms with Crippen LogP contribution in [-0.2, 0) is 25.5 Å². The summed E-state index contributed by atoms with van der Waals surface area (Å²) in [7, 11) is 0. The number of fused-ring (bicyclic) bond motifs is 1. The third-order valence-electron chi connectivity index (χ3n) is 5.73. The molecule has 0 saturated carbocycles. The van der Waals surface area contributed by atoms with Crippen molar-refractivity contribution < 1.29 is 23.9 Å². The van der Waals surface area contributed by atoms with Gasteiger partial charge in [0.1, 0.15) is 0 Å². The molecule has 3 rings (SSSR count). The molecule has 0 amide bonds. The third-order valence-corrected chi connectivity index (χ3v) is 5.73. The van der Waals surface area contributed by atoms with Gasteiger partial charge in [-0.05, 0) is 36.8 Å². The van der Waals surface area contributed by atoms with E-state index in [9.17, 15) is 14.4 Å². The number of hydrogen-bond acceptors (Lipinski definition) is 5. The summed E-state index contributed by atoms with van der Waals surface area (Å²) in [6.07, 6.45) is 2.58. The van der Waals surface area contributed by atoms with Gasteiger partial charge in [-0.1, -0.05) is 68.4 Å². The number of rotatable bonds is 9. The van der Waals surface area contributed by atoms with Crippen molar-refractivity contribution in [2.75, 3.05) is 13.2 Å². The van der Waals surface area contributed by atoms with Crippen LogP contribution in [0.1, 0.15) is 60.5 Å². The van der Waals surface area contributed by atoms with Crippen molar-refractivity contribution in [1.29, 1.82) is 0 Å². The standard InChI is InChI=1S/C26H30O5/c1-3-16-30-25(28)23(26(29)31-17-4-2)22(19-11-6-5-7-12-19)21-15-14-18-10-8-9-13-20(18)24(21)27/h5-13,21-23H,3-4,14-17H2,1-2H3. The Kier molecular flexibility index (Phi) is 7.99. The molecule has 164 valence electrons. The fourth-order valence-electron chi connectivity index (χ4n) is 4.27. The van der Waals surface area contributed by atoms with Crippen LogP contribution in [0.15, 0.2) is 54.6 Å². The molecule has 31 heavy (non-hydrogen) atoms. The van der Waals surface area contributed by atoms with Gasteiger partial charge in [0.25, 0.3) is 0 Å².